The van der Waals surface area contributed by atoms with E-state index in [1.54, 1.807) is 6.08 Å². The Morgan fingerprint density at radius 2 is 1.92 bits per heavy atom. The lowest BCUT2D eigenvalue weighted by Gasteiger charge is -2.32. The topological polar surface area (TPSA) is 101 Å². The van der Waals surface area contributed by atoms with Crippen molar-refractivity contribution >= 4 is 19.1 Å². The first-order chi connectivity index (χ1) is 11.0. The van der Waals surface area contributed by atoms with Gasteiger partial charge in [-0.25, -0.2) is 0 Å². The smallest absolute Gasteiger partial charge is 0.492 e. The van der Waals surface area contributed by atoms with E-state index < -0.39 is 23.9 Å². The van der Waals surface area contributed by atoms with Crippen molar-refractivity contribution < 1.29 is 19.2 Å². The maximum atomic E-state index is 11.3. The molecule has 1 aliphatic rings. The number of rotatable bonds is 4. The number of aromatic nitrogens is 1. The minimum Gasteiger partial charge on any atom is -0.503 e. The molecule has 0 bridgehead atoms. The van der Waals surface area contributed by atoms with E-state index in [0.29, 0.717) is 11.0 Å². The third-order valence-corrected chi connectivity index (χ3v) is 4.36. The molecule has 24 heavy (non-hydrogen) atoms. The van der Waals surface area contributed by atoms with Crippen molar-refractivity contribution in [3.05, 3.63) is 33.7 Å². The van der Waals surface area contributed by atoms with Crippen molar-refractivity contribution in [2.24, 2.45) is 0 Å². The zero-order valence-electron chi connectivity index (χ0n) is 14.6. The molecule has 1 fully saturated rings. The highest BCUT2D eigenvalue weighted by molar-refractivity contribution is 6.56. The monoisotopic (exact) mass is 334 g/mol. The minimum atomic E-state index is -0.643. The van der Waals surface area contributed by atoms with Crippen LogP contribution in [0.2, 0.25) is 0 Å². The summed E-state index contributed by atoms with van der Waals surface area (Å²) >= 11 is 0. The van der Waals surface area contributed by atoms with Gasteiger partial charge in [-0.1, -0.05) is 6.08 Å². The molecule has 0 saturated carbocycles. The summed E-state index contributed by atoms with van der Waals surface area (Å²) in [6.07, 6.45) is 3.19. The largest absolute Gasteiger partial charge is 0.503 e. The van der Waals surface area contributed by atoms with E-state index in [1.807, 2.05) is 27.7 Å². The summed E-state index contributed by atoms with van der Waals surface area (Å²) in [5, 5.41) is 12.3. The zero-order valence-corrected chi connectivity index (χ0v) is 14.6. The number of hydrogen-bond acceptors (Lipinski definition) is 5. The summed E-state index contributed by atoms with van der Waals surface area (Å²) in [4.78, 5) is 25.0. The third-order valence-electron chi connectivity index (χ3n) is 4.36. The van der Waals surface area contributed by atoms with E-state index in [-0.39, 0.29) is 18.2 Å². The number of amides is 1. The first-order valence-electron chi connectivity index (χ1n) is 7.74. The Kier molecular flexibility index (Phi) is 4.91. The molecule has 1 amide bonds. The molecule has 0 unspecified atom stereocenters. The highest BCUT2D eigenvalue weighted by atomic mass is 16.7. The molecule has 1 saturated heterocycles. The molecule has 3 N–H and O–H groups in total. The summed E-state index contributed by atoms with van der Waals surface area (Å²) in [6, 6.07) is 1.35. The van der Waals surface area contributed by atoms with Crippen molar-refractivity contribution in [2.75, 3.05) is 6.54 Å². The van der Waals surface area contributed by atoms with Crippen LogP contribution >= 0.6 is 0 Å². The van der Waals surface area contributed by atoms with E-state index in [1.165, 1.54) is 19.2 Å². The van der Waals surface area contributed by atoms with Crippen LogP contribution < -0.4 is 10.9 Å². The van der Waals surface area contributed by atoms with Gasteiger partial charge in [0.05, 0.1) is 11.2 Å². The van der Waals surface area contributed by atoms with Gasteiger partial charge in [0.25, 0.3) is 5.56 Å². The van der Waals surface area contributed by atoms with Crippen molar-refractivity contribution in [3.63, 3.8) is 0 Å². The Balaban J connectivity index is 2.34. The van der Waals surface area contributed by atoms with E-state index in [2.05, 4.69) is 10.3 Å². The molecule has 0 aliphatic carbocycles. The van der Waals surface area contributed by atoms with Crippen molar-refractivity contribution in [2.45, 2.75) is 45.8 Å². The molecule has 0 spiro atoms. The molecule has 2 rings (SSSR count). The highest BCUT2D eigenvalue weighted by Gasteiger charge is 2.52. The molecule has 1 aliphatic heterocycles. The second-order valence-corrected chi connectivity index (χ2v) is 6.86. The number of pyridine rings is 1. The fourth-order valence-corrected chi connectivity index (χ4v) is 2.21. The molecule has 0 aromatic carbocycles. The predicted octanol–water partition coefficient (Wildman–Crippen LogP) is 1.23. The van der Waals surface area contributed by atoms with E-state index in [9.17, 15) is 14.7 Å². The Morgan fingerprint density at radius 3 is 2.42 bits per heavy atom. The van der Waals surface area contributed by atoms with Crippen LogP contribution in [0.5, 0.6) is 5.75 Å². The quantitative estimate of drug-likeness (QED) is 0.719. The Labute approximate surface area is 141 Å². The average molecular weight is 334 g/mol. The normalized spacial score (nSPS) is 19.4. The van der Waals surface area contributed by atoms with Crippen LogP contribution in [0.3, 0.4) is 0 Å². The van der Waals surface area contributed by atoms with Gasteiger partial charge in [0, 0.05) is 19.7 Å². The molecular weight excluding hydrogens is 311 g/mol. The summed E-state index contributed by atoms with van der Waals surface area (Å²) < 4.78 is 12.0. The van der Waals surface area contributed by atoms with E-state index in [4.69, 9.17) is 9.31 Å². The molecule has 7 nitrogen and oxygen atoms in total. The number of hydrogen-bond donors (Lipinski definition) is 3. The van der Waals surface area contributed by atoms with Crippen LogP contribution in [-0.4, -0.2) is 40.9 Å². The van der Waals surface area contributed by atoms with Crippen molar-refractivity contribution in [1.29, 1.82) is 0 Å². The van der Waals surface area contributed by atoms with Gasteiger partial charge >= 0.3 is 7.12 Å². The second kappa shape index (κ2) is 6.45. The number of aromatic amines is 1. The number of aromatic hydroxyl groups is 1. The maximum Gasteiger partial charge on any atom is 0.492 e. The second-order valence-electron chi connectivity index (χ2n) is 6.86. The molecule has 1 aromatic heterocycles. The lowest BCUT2D eigenvalue weighted by atomic mass is 9.77. The number of carbonyl (C=O) groups excluding carboxylic acids is 1. The molecule has 130 valence electrons. The lowest BCUT2D eigenvalue weighted by molar-refractivity contribution is -0.118. The first-order valence-corrected chi connectivity index (χ1v) is 7.74. The summed E-state index contributed by atoms with van der Waals surface area (Å²) in [7, 11) is -0.643. The van der Waals surface area contributed by atoms with Crippen LogP contribution in [0.4, 0.5) is 0 Å². The van der Waals surface area contributed by atoms with E-state index >= 15 is 0 Å². The third kappa shape index (κ3) is 3.88. The van der Waals surface area contributed by atoms with Crippen molar-refractivity contribution in [3.8, 4) is 5.75 Å². The molecule has 1 aromatic rings. The molecule has 8 heteroatoms. The Hall–Kier alpha value is -2.06. The van der Waals surface area contributed by atoms with Gasteiger partial charge < -0.3 is 24.7 Å². The van der Waals surface area contributed by atoms with Gasteiger partial charge in [-0.2, -0.15) is 0 Å². The highest BCUT2D eigenvalue weighted by Crippen LogP contribution is 2.38. The molecular formula is C16H23BN2O5. The van der Waals surface area contributed by atoms with E-state index in [0.717, 1.165) is 0 Å². The standard InChI is InChI=1S/C16H23BN2O5/c1-10(20)18-9-12(6-11-7-13(21)14(22)19-8-11)17-23-15(2,3)16(4,5)24-17/h6-8,21H,9H2,1-5H3,(H,18,20)(H,19,22). The van der Waals surface area contributed by atoms with Gasteiger partial charge in [0.1, 0.15) is 0 Å². The number of H-pyrrole nitrogens is 1. The SMILES string of the molecule is CC(=O)NCC(=Cc1c[nH]c(=O)c(O)c1)B1OC(C)(C)C(C)(C)O1. The van der Waals surface area contributed by atoms with Crippen LogP contribution in [0.1, 0.15) is 40.2 Å². The molecule has 0 radical (unpaired) electrons. The van der Waals surface area contributed by atoms with Crippen LogP contribution in [0, 0.1) is 0 Å². The molecule has 2 heterocycles. The van der Waals surface area contributed by atoms with Gasteiger partial charge in [-0.05, 0) is 44.8 Å². The fraction of sp³-hybridized carbons (Fsp3) is 0.500. The average Bonchev–Trinajstić information content (AvgIpc) is 2.67. The van der Waals surface area contributed by atoms with Gasteiger partial charge in [-0.15, -0.1) is 0 Å². The zero-order chi connectivity index (χ0) is 18.1. The lowest BCUT2D eigenvalue weighted by Crippen LogP contribution is -2.41. The van der Waals surface area contributed by atoms with Gasteiger partial charge in [0.15, 0.2) is 5.75 Å². The van der Waals surface area contributed by atoms with Crippen molar-refractivity contribution in [1.82, 2.24) is 10.3 Å². The maximum absolute atomic E-state index is 11.3. The first kappa shape index (κ1) is 18.3. The Morgan fingerprint density at radius 1 is 1.33 bits per heavy atom. The summed E-state index contributed by atoms with van der Waals surface area (Å²) in [5.41, 5.74) is -0.344. The number of nitrogens with one attached hydrogen (secondary N) is 2. The van der Waals surface area contributed by atoms with Gasteiger partial charge in [0.2, 0.25) is 5.91 Å². The summed E-state index contributed by atoms with van der Waals surface area (Å²) in [6.45, 7) is 9.41. The fourth-order valence-electron chi connectivity index (χ4n) is 2.21. The summed E-state index contributed by atoms with van der Waals surface area (Å²) in [5.74, 6) is -0.557. The predicted molar refractivity (Wildman–Crippen MR) is 91.5 cm³/mol. The minimum absolute atomic E-state index is 0.179. The van der Waals surface area contributed by atoms with Crippen LogP contribution in [0.25, 0.3) is 6.08 Å². The molecule has 0 atom stereocenters. The van der Waals surface area contributed by atoms with Crippen LogP contribution in [-0.2, 0) is 14.1 Å². The Bertz CT molecular complexity index is 707. The van der Waals surface area contributed by atoms with Gasteiger partial charge in [-0.3, -0.25) is 9.59 Å². The number of carbonyl (C=O) groups is 1. The van der Waals surface area contributed by atoms with Crippen LogP contribution in [0.15, 0.2) is 22.5 Å².